The molecule has 0 spiro atoms. The molecule has 2 N–H and O–H groups in total. The number of ether oxygens (including phenoxy) is 2. The monoisotopic (exact) mass is 493 g/mol. The standard InChI is InChI=1S/C28H35N3O5/c1-19-9-13-22(14-10-19)30-27(33)28(34)31(18-24-8-5-17-36-24)25(20-11-15-23(35-2)16-12-20)26(32)29-21-6-3-4-7-21/h9-16,21,24-25H,3-8,17-18H2,1-2H3,(H,29,32)(H,30,33)/t24-,25-/m1/s1. The third-order valence-corrected chi connectivity index (χ3v) is 6.88. The number of carbonyl (C=O) groups is 3. The second-order valence-corrected chi connectivity index (χ2v) is 9.58. The number of hydrogen-bond donors (Lipinski definition) is 2. The maximum absolute atomic E-state index is 13.7. The van der Waals surface area contributed by atoms with E-state index in [-0.39, 0.29) is 24.6 Å². The van der Waals surface area contributed by atoms with Crippen LogP contribution in [0.2, 0.25) is 0 Å². The van der Waals surface area contributed by atoms with Crippen molar-refractivity contribution in [2.24, 2.45) is 0 Å². The van der Waals surface area contributed by atoms with Crippen LogP contribution >= 0.6 is 0 Å². The van der Waals surface area contributed by atoms with Crippen LogP contribution in [0, 0.1) is 6.92 Å². The number of methoxy groups -OCH3 is 1. The van der Waals surface area contributed by atoms with Gasteiger partial charge in [-0.2, -0.15) is 0 Å². The second-order valence-electron chi connectivity index (χ2n) is 9.58. The van der Waals surface area contributed by atoms with Crippen molar-refractivity contribution < 1.29 is 23.9 Å². The van der Waals surface area contributed by atoms with Gasteiger partial charge in [-0.05, 0) is 62.4 Å². The van der Waals surface area contributed by atoms with Crippen LogP contribution in [0.25, 0.3) is 0 Å². The zero-order chi connectivity index (χ0) is 25.5. The van der Waals surface area contributed by atoms with Crippen LogP contribution in [0.15, 0.2) is 48.5 Å². The topological polar surface area (TPSA) is 97.0 Å². The molecule has 1 saturated carbocycles. The summed E-state index contributed by atoms with van der Waals surface area (Å²) in [5.41, 5.74) is 2.18. The van der Waals surface area contributed by atoms with Crippen LogP contribution in [-0.4, -0.2) is 55.0 Å². The van der Waals surface area contributed by atoms with E-state index < -0.39 is 17.9 Å². The van der Waals surface area contributed by atoms with Gasteiger partial charge in [-0.3, -0.25) is 14.4 Å². The molecule has 2 aliphatic rings. The Morgan fingerprint density at radius 1 is 1.00 bits per heavy atom. The van der Waals surface area contributed by atoms with Gasteiger partial charge in [0.25, 0.3) is 0 Å². The van der Waals surface area contributed by atoms with E-state index in [4.69, 9.17) is 9.47 Å². The van der Waals surface area contributed by atoms with Gasteiger partial charge >= 0.3 is 11.8 Å². The van der Waals surface area contributed by atoms with Crippen molar-refractivity contribution in [3.63, 3.8) is 0 Å². The van der Waals surface area contributed by atoms with Gasteiger partial charge in [-0.25, -0.2) is 0 Å². The maximum atomic E-state index is 13.7. The van der Waals surface area contributed by atoms with E-state index in [1.165, 1.54) is 4.90 Å². The van der Waals surface area contributed by atoms with Gasteiger partial charge in [-0.1, -0.05) is 42.7 Å². The number of amides is 3. The fourth-order valence-corrected chi connectivity index (χ4v) is 4.87. The zero-order valence-corrected chi connectivity index (χ0v) is 21.0. The summed E-state index contributed by atoms with van der Waals surface area (Å²) in [6, 6.07) is 13.4. The minimum Gasteiger partial charge on any atom is -0.497 e. The Kier molecular flexibility index (Phi) is 8.59. The van der Waals surface area contributed by atoms with E-state index >= 15 is 0 Å². The SMILES string of the molecule is COc1ccc([C@H](C(=O)NC2CCCC2)N(C[C@H]2CCCO2)C(=O)C(=O)Nc2ccc(C)cc2)cc1. The summed E-state index contributed by atoms with van der Waals surface area (Å²) < 4.78 is 11.1. The molecule has 2 fully saturated rings. The molecular formula is C28H35N3O5. The smallest absolute Gasteiger partial charge is 0.313 e. The van der Waals surface area contributed by atoms with E-state index in [1.54, 1.807) is 43.5 Å². The van der Waals surface area contributed by atoms with E-state index in [9.17, 15) is 14.4 Å². The lowest BCUT2D eigenvalue weighted by atomic mass is 10.0. The summed E-state index contributed by atoms with van der Waals surface area (Å²) in [6.45, 7) is 2.70. The van der Waals surface area contributed by atoms with Crippen LogP contribution in [-0.2, 0) is 19.1 Å². The van der Waals surface area contributed by atoms with Crippen molar-refractivity contribution in [3.05, 3.63) is 59.7 Å². The molecule has 2 atom stereocenters. The molecule has 0 aromatic heterocycles. The van der Waals surface area contributed by atoms with Gasteiger partial charge in [0.05, 0.1) is 13.2 Å². The zero-order valence-electron chi connectivity index (χ0n) is 21.0. The first kappa shape index (κ1) is 25.7. The third kappa shape index (κ3) is 6.43. The summed E-state index contributed by atoms with van der Waals surface area (Å²) >= 11 is 0. The van der Waals surface area contributed by atoms with E-state index in [0.717, 1.165) is 44.1 Å². The Hall–Kier alpha value is -3.39. The molecule has 0 unspecified atom stereocenters. The quantitative estimate of drug-likeness (QED) is 0.546. The first-order valence-electron chi connectivity index (χ1n) is 12.7. The predicted molar refractivity (Wildman–Crippen MR) is 137 cm³/mol. The van der Waals surface area contributed by atoms with Crippen LogP contribution in [0.3, 0.4) is 0 Å². The molecule has 1 aliphatic carbocycles. The van der Waals surface area contributed by atoms with Crippen molar-refractivity contribution in [1.29, 1.82) is 0 Å². The third-order valence-electron chi connectivity index (χ3n) is 6.88. The highest BCUT2D eigenvalue weighted by atomic mass is 16.5. The molecule has 8 heteroatoms. The van der Waals surface area contributed by atoms with Gasteiger partial charge in [-0.15, -0.1) is 0 Å². The molecule has 36 heavy (non-hydrogen) atoms. The fourth-order valence-electron chi connectivity index (χ4n) is 4.87. The summed E-state index contributed by atoms with van der Waals surface area (Å²) in [7, 11) is 1.57. The van der Waals surface area contributed by atoms with Crippen molar-refractivity contribution in [2.75, 3.05) is 25.6 Å². The number of nitrogens with zero attached hydrogens (tertiary/aromatic N) is 1. The van der Waals surface area contributed by atoms with Gasteiger partial charge in [0.15, 0.2) is 0 Å². The number of aryl methyl sites for hydroxylation is 1. The molecule has 4 rings (SSSR count). The molecule has 0 radical (unpaired) electrons. The van der Waals surface area contributed by atoms with Crippen LogP contribution in [0.1, 0.15) is 55.7 Å². The second kappa shape index (κ2) is 12.0. The molecule has 2 aromatic rings. The molecule has 3 amide bonds. The summed E-state index contributed by atoms with van der Waals surface area (Å²) in [4.78, 5) is 41.8. The average Bonchev–Trinajstić information content (AvgIpc) is 3.59. The van der Waals surface area contributed by atoms with E-state index in [0.29, 0.717) is 23.6 Å². The molecule has 2 aromatic carbocycles. The molecule has 1 aliphatic heterocycles. The van der Waals surface area contributed by atoms with Gasteiger partial charge in [0, 0.05) is 24.9 Å². The average molecular weight is 494 g/mol. The largest absolute Gasteiger partial charge is 0.497 e. The van der Waals surface area contributed by atoms with Gasteiger partial charge < -0.3 is 25.0 Å². The molecule has 192 valence electrons. The highest BCUT2D eigenvalue weighted by Gasteiger charge is 2.38. The van der Waals surface area contributed by atoms with E-state index in [2.05, 4.69) is 10.6 Å². The molecule has 8 nitrogen and oxygen atoms in total. The fraction of sp³-hybridized carbons (Fsp3) is 0.464. The first-order valence-corrected chi connectivity index (χ1v) is 12.7. The Labute approximate surface area is 212 Å². The van der Waals surface area contributed by atoms with Gasteiger partial charge in [0.1, 0.15) is 11.8 Å². The molecule has 0 bridgehead atoms. The Balaban J connectivity index is 1.64. The molecule has 1 saturated heterocycles. The lowest BCUT2D eigenvalue weighted by Crippen LogP contribution is -2.51. The van der Waals surface area contributed by atoms with E-state index in [1.807, 2.05) is 19.1 Å². The lowest BCUT2D eigenvalue weighted by Gasteiger charge is -2.33. The van der Waals surface area contributed by atoms with Crippen LogP contribution in [0.5, 0.6) is 5.75 Å². The van der Waals surface area contributed by atoms with Crippen molar-refractivity contribution in [1.82, 2.24) is 10.2 Å². The molecular weight excluding hydrogens is 458 g/mol. The number of hydrogen-bond acceptors (Lipinski definition) is 5. The minimum absolute atomic E-state index is 0.0688. The number of anilines is 1. The maximum Gasteiger partial charge on any atom is 0.313 e. The summed E-state index contributed by atoms with van der Waals surface area (Å²) in [6.07, 6.45) is 5.36. The number of carbonyl (C=O) groups excluding carboxylic acids is 3. The van der Waals surface area contributed by atoms with Crippen molar-refractivity contribution >= 4 is 23.4 Å². The predicted octanol–water partition coefficient (Wildman–Crippen LogP) is 3.75. The first-order chi connectivity index (χ1) is 17.4. The highest BCUT2D eigenvalue weighted by Crippen LogP contribution is 2.28. The van der Waals surface area contributed by atoms with Crippen molar-refractivity contribution in [3.8, 4) is 5.75 Å². The number of nitrogens with one attached hydrogen (secondary N) is 2. The van der Waals surface area contributed by atoms with Crippen LogP contribution in [0.4, 0.5) is 5.69 Å². The molecule has 1 heterocycles. The van der Waals surface area contributed by atoms with Crippen molar-refractivity contribution in [2.45, 2.75) is 63.6 Å². The van der Waals surface area contributed by atoms with Crippen LogP contribution < -0.4 is 15.4 Å². The summed E-state index contributed by atoms with van der Waals surface area (Å²) in [5.74, 6) is -1.21. The number of rotatable bonds is 8. The Morgan fingerprint density at radius 2 is 1.69 bits per heavy atom. The summed E-state index contributed by atoms with van der Waals surface area (Å²) in [5, 5.41) is 5.81. The highest BCUT2D eigenvalue weighted by molar-refractivity contribution is 6.40. The Bertz CT molecular complexity index is 1040. The lowest BCUT2D eigenvalue weighted by molar-refractivity contribution is -0.149. The number of benzene rings is 2. The minimum atomic E-state index is -0.975. The van der Waals surface area contributed by atoms with Gasteiger partial charge in [0.2, 0.25) is 5.91 Å². The normalized spacial score (nSPS) is 18.4. The Morgan fingerprint density at radius 3 is 2.31 bits per heavy atom.